The highest BCUT2D eigenvalue weighted by Gasteiger charge is 2.15. The molecule has 0 bridgehead atoms. The molecule has 2 heterocycles. The van der Waals surface area contributed by atoms with Gasteiger partial charge in [-0.2, -0.15) is 0 Å². The SMILES string of the molecule is CCN(CC)c1ccc(-c2nnc(SCC(=O)c3cc(C)[nH]c3C)o2)cc1. The third-order valence-corrected chi connectivity index (χ3v) is 5.24. The molecule has 0 radical (unpaired) electrons. The molecular formula is C20H24N4O2S. The fraction of sp³-hybridized carbons (Fsp3) is 0.350. The summed E-state index contributed by atoms with van der Waals surface area (Å²) in [5, 5.41) is 8.56. The molecule has 27 heavy (non-hydrogen) atoms. The number of hydrogen-bond acceptors (Lipinski definition) is 6. The molecule has 0 atom stereocenters. The van der Waals surface area contributed by atoms with Gasteiger partial charge in [0.05, 0.1) is 5.75 Å². The molecule has 0 saturated heterocycles. The lowest BCUT2D eigenvalue weighted by Gasteiger charge is -2.20. The van der Waals surface area contributed by atoms with Crippen LogP contribution in [0.5, 0.6) is 0 Å². The van der Waals surface area contributed by atoms with Crippen molar-refractivity contribution < 1.29 is 9.21 Å². The molecule has 1 aromatic carbocycles. The topological polar surface area (TPSA) is 75.0 Å². The van der Waals surface area contributed by atoms with E-state index < -0.39 is 0 Å². The normalized spacial score (nSPS) is 11.0. The molecule has 0 amide bonds. The van der Waals surface area contributed by atoms with Gasteiger partial charge in [0.1, 0.15) is 0 Å². The lowest BCUT2D eigenvalue weighted by Crippen LogP contribution is -2.21. The summed E-state index contributed by atoms with van der Waals surface area (Å²) in [6.45, 7) is 10.0. The minimum absolute atomic E-state index is 0.0465. The zero-order chi connectivity index (χ0) is 19.4. The van der Waals surface area contributed by atoms with E-state index in [-0.39, 0.29) is 11.5 Å². The van der Waals surface area contributed by atoms with Crippen LogP contribution >= 0.6 is 11.8 Å². The molecule has 0 fully saturated rings. The number of carbonyl (C=O) groups excluding carboxylic acids is 1. The molecule has 3 rings (SSSR count). The molecular weight excluding hydrogens is 360 g/mol. The third-order valence-electron chi connectivity index (χ3n) is 4.43. The first-order valence-corrected chi connectivity index (χ1v) is 10.0. The number of aromatic nitrogens is 3. The smallest absolute Gasteiger partial charge is 0.277 e. The molecule has 6 nitrogen and oxygen atoms in total. The highest BCUT2D eigenvalue weighted by molar-refractivity contribution is 7.99. The molecule has 0 saturated carbocycles. The first-order chi connectivity index (χ1) is 13.0. The van der Waals surface area contributed by atoms with Gasteiger partial charge in [-0.05, 0) is 58.0 Å². The number of H-pyrrole nitrogens is 1. The Bertz CT molecular complexity index is 910. The Kier molecular flexibility index (Phi) is 6.01. The van der Waals surface area contributed by atoms with Crippen LogP contribution in [0.2, 0.25) is 0 Å². The van der Waals surface area contributed by atoms with E-state index in [4.69, 9.17) is 4.42 Å². The predicted octanol–water partition coefficient (Wildman–Crippen LogP) is 4.50. The minimum Gasteiger partial charge on any atom is -0.411 e. The van der Waals surface area contributed by atoms with Crippen LogP contribution in [0.3, 0.4) is 0 Å². The lowest BCUT2D eigenvalue weighted by atomic mass is 10.2. The van der Waals surface area contributed by atoms with Crippen molar-refractivity contribution in [3.05, 3.63) is 47.3 Å². The van der Waals surface area contributed by atoms with Crippen LogP contribution in [-0.4, -0.2) is 39.8 Å². The van der Waals surface area contributed by atoms with Crippen molar-refractivity contribution in [2.45, 2.75) is 32.9 Å². The minimum atomic E-state index is 0.0465. The van der Waals surface area contributed by atoms with Crippen molar-refractivity contribution in [3.63, 3.8) is 0 Å². The standard InChI is InChI=1S/C20H24N4O2S/c1-5-24(6-2)16-9-7-15(8-10-16)19-22-23-20(26-19)27-12-18(25)17-11-13(3)21-14(17)4/h7-11,21H,5-6,12H2,1-4H3. The number of benzene rings is 1. The van der Waals surface area contributed by atoms with Crippen molar-refractivity contribution >= 4 is 23.2 Å². The van der Waals surface area contributed by atoms with Crippen molar-refractivity contribution in [2.24, 2.45) is 0 Å². The Balaban J connectivity index is 1.64. The summed E-state index contributed by atoms with van der Waals surface area (Å²) in [5.74, 6) is 0.774. The van der Waals surface area contributed by atoms with Gasteiger partial charge in [0.2, 0.25) is 5.89 Å². The number of thioether (sulfide) groups is 1. The van der Waals surface area contributed by atoms with Gasteiger partial charge in [0.15, 0.2) is 5.78 Å². The fourth-order valence-electron chi connectivity index (χ4n) is 3.01. The Labute approximate surface area is 163 Å². The summed E-state index contributed by atoms with van der Waals surface area (Å²) < 4.78 is 5.71. The van der Waals surface area contributed by atoms with Gasteiger partial charge in [-0.3, -0.25) is 4.79 Å². The molecule has 142 valence electrons. The van der Waals surface area contributed by atoms with Gasteiger partial charge in [-0.15, -0.1) is 10.2 Å². The Hall–Kier alpha value is -2.54. The summed E-state index contributed by atoms with van der Waals surface area (Å²) >= 11 is 1.26. The number of ketones is 1. The number of Topliss-reactive ketones (excluding diaryl/α,β-unsaturated/α-hetero) is 1. The van der Waals surface area contributed by atoms with Crippen LogP contribution in [0.4, 0.5) is 5.69 Å². The predicted molar refractivity (Wildman–Crippen MR) is 109 cm³/mol. The number of nitrogens with zero attached hydrogens (tertiary/aromatic N) is 3. The quantitative estimate of drug-likeness (QED) is 0.455. The maximum absolute atomic E-state index is 12.4. The van der Waals surface area contributed by atoms with E-state index in [9.17, 15) is 4.79 Å². The van der Waals surface area contributed by atoms with Crippen LogP contribution in [0.25, 0.3) is 11.5 Å². The second-order valence-electron chi connectivity index (χ2n) is 6.30. The van der Waals surface area contributed by atoms with E-state index in [0.29, 0.717) is 16.7 Å². The summed E-state index contributed by atoms with van der Waals surface area (Å²) in [7, 11) is 0. The van der Waals surface area contributed by atoms with Crippen LogP contribution in [-0.2, 0) is 0 Å². The second kappa shape index (κ2) is 8.43. The maximum atomic E-state index is 12.4. The van der Waals surface area contributed by atoms with E-state index in [1.807, 2.05) is 32.0 Å². The summed E-state index contributed by atoms with van der Waals surface area (Å²) in [4.78, 5) is 17.8. The average molecular weight is 385 g/mol. The Morgan fingerprint density at radius 3 is 2.44 bits per heavy atom. The van der Waals surface area contributed by atoms with Gasteiger partial charge < -0.3 is 14.3 Å². The van der Waals surface area contributed by atoms with Crippen molar-refractivity contribution in [2.75, 3.05) is 23.7 Å². The van der Waals surface area contributed by atoms with E-state index in [0.717, 1.165) is 30.0 Å². The van der Waals surface area contributed by atoms with Crippen molar-refractivity contribution in [1.29, 1.82) is 0 Å². The molecule has 7 heteroatoms. The van der Waals surface area contributed by atoms with Crippen LogP contribution in [0.15, 0.2) is 40.0 Å². The van der Waals surface area contributed by atoms with Gasteiger partial charge in [0, 0.05) is 41.3 Å². The molecule has 0 spiro atoms. The number of nitrogens with one attached hydrogen (secondary N) is 1. The molecule has 0 aliphatic heterocycles. The monoisotopic (exact) mass is 384 g/mol. The summed E-state index contributed by atoms with van der Waals surface area (Å²) in [6, 6.07) is 9.94. The van der Waals surface area contributed by atoms with Gasteiger partial charge in [-0.1, -0.05) is 11.8 Å². The van der Waals surface area contributed by atoms with Crippen molar-refractivity contribution in [3.8, 4) is 11.5 Å². The van der Waals surface area contributed by atoms with Crippen LogP contribution < -0.4 is 4.90 Å². The van der Waals surface area contributed by atoms with Gasteiger partial charge in [-0.25, -0.2) is 0 Å². The van der Waals surface area contributed by atoms with Gasteiger partial charge in [0.25, 0.3) is 5.22 Å². The Morgan fingerprint density at radius 1 is 1.15 bits per heavy atom. The average Bonchev–Trinajstić information content (AvgIpc) is 3.27. The highest BCUT2D eigenvalue weighted by atomic mass is 32.2. The third kappa shape index (κ3) is 4.42. The number of rotatable bonds is 8. The van der Waals surface area contributed by atoms with Crippen LogP contribution in [0.1, 0.15) is 35.6 Å². The number of aryl methyl sites for hydroxylation is 2. The lowest BCUT2D eigenvalue weighted by molar-refractivity contribution is 0.102. The molecule has 0 unspecified atom stereocenters. The second-order valence-corrected chi connectivity index (χ2v) is 7.22. The van der Waals surface area contributed by atoms with Crippen molar-refractivity contribution in [1.82, 2.24) is 15.2 Å². The van der Waals surface area contributed by atoms with Crippen LogP contribution in [0, 0.1) is 13.8 Å². The Morgan fingerprint density at radius 2 is 1.85 bits per heavy atom. The largest absolute Gasteiger partial charge is 0.411 e. The fourth-order valence-corrected chi connectivity index (χ4v) is 3.65. The first-order valence-electron chi connectivity index (χ1n) is 9.02. The van der Waals surface area contributed by atoms with E-state index in [1.165, 1.54) is 17.4 Å². The molecule has 2 aromatic heterocycles. The summed E-state index contributed by atoms with van der Waals surface area (Å²) in [5.41, 5.74) is 4.62. The molecule has 1 N–H and O–H groups in total. The zero-order valence-corrected chi connectivity index (χ0v) is 16.9. The zero-order valence-electron chi connectivity index (χ0n) is 16.1. The molecule has 3 aromatic rings. The molecule has 0 aliphatic carbocycles. The number of aromatic amines is 1. The van der Waals surface area contributed by atoms with Gasteiger partial charge >= 0.3 is 0 Å². The number of anilines is 1. The summed E-state index contributed by atoms with van der Waals surface area (Å²) in [6.07, 6.45) is 0. The molecule has 0 aliphatic rings. The number of carbonyl (C=O) groups is 1. The maximum Gasteiger partial charge on any atom is 0.277 e. The van der Waals surface area contributed by atoms with E-state index in [1.54, 1.807) is 0 Å². The highest BCUT2D eigenvalue weighted by Crippen LogP contribution is 2.26. The first kappa shape index (κ1) is 19.2. The van der Waals surface area contributed by atoms with E-state index >= 15 is 0 Å². The number of hydrogen-bond donors (Lipinski definition) is 1. The van der Waals surface area contributed by atoms with E-state index in [2.05, 4.69) is 46.1 Å².